The van der Waals surface area contributed by atoms with Crippen LogP contribution in [0.25, 0.3) is 10.7 Å². The fourth-order valence-corrected chi connectivity index (χ4v) is 3.90. The number of fused-ring (bicyclic) bond motifs is 1. The number of benzene rings is 1. The smallest absolute Gasteiger partial charge is 0.226 e. The molecule has 1 aliphatic rings. The Hall–Kier alpha value is -2.87. The number of ether oxygens (including phenoxy) is 2. The first-order valence-corrected chi connectivity index (χ1v) is 10.6. The van der Waals surface area contributed by atoms with Gasteiger partial charge in [0.25, 0.3) is 0 Å². The molecule has 3 heterocycles. The van der Waals surface area contributed by atoms with Crippen molar-refractivity contribution in [2.24, 2.45) is 0 Å². The molecule has 4 rings (SSSR count). The van der Waals surface area contributed by atoms with Crippen LogP contribution in [0.15, 0.2) is 40.2 Å². The van der Waals surface area contributed by atoms with Gasteiger partial charge in [-0.05, 0) is 30.9 Å². The van der Waals surface area contributed by atoms with Gasteiger partial charge < -0.3 is 18.9 Å². The van der Waals surface area contributed by atoms with E-state index in [-0.39, 0.29) is 5.91 Å². The van der Waals surface area contributed by atoms with Crippen molar-refractivity contribution < 1.29 is 18.8 Å². The number of hydrogen-bond acceptors (Lipinski definition) is 7. The number of nitrogens with zero attached hydrogens (tertiary/aromatic N) is 3. The van der Waals surface area contributed by atoms with Gasteiger partial charge >= 0.3 is 0 Å². The lowest BCUT2D eigenvalue weighted by Gasteiger charge is -2.25. The number of para-hydroxylation sites is 1. The number of carbonyl (C=O) groups is 1. The first-order valence-electron chi connectivity index (χ1n) is 9.76. The van der Waals surface area contributed by atoms with E-state index < -0.39 is 0 Å². The first kappa shape index (κ1) is 19.4. The van der Waals surface area contributed by atoms with Gasteiger partial charge in [-0.25, -0.2) is 0 Å². The maximum Gasteiger partial charge on any atom is 0.226 e. The SMILES string of the molecule is CCN(Cc1cccc2c1OCCO2)C(=O)CCCc1nc(-c2cccs2)no1. The van der Waals surface area contributed by atoms with Crippen LogP contribution < -0.4 is 9.47 Å². The Morgan fingerprint density at radius 3 is 2.93 bits per heavy atom. The lowest BCUT2D eigenvalue weighted by atomic mass is 10.1. The summed E-state index contributed by atoms with van der Waals surface area (Å²) in [4.78, 5) is 19.9. The molecule has 0 saturated carbocycles. The van der Waals surface area contributed by atoms with Crippen LogP contribution >= 0.6 is 11.3 Å². The van der Waals surface area contributed by atoms with Crippen LogP contribution in [0.1, 0.15) is 31.2 Å². The molecule has 3 aromatic rings. The number of hydrogen-bond donors (Lipinski definition) is 0. The van der Waals surface area contributed by atoms with Gasteiger partial charge in [-0.2, -0.15) is 4.98 Å². The van der Waals surface area contributed by atoms with Crippen molar-refractivity contribution in [1.29, 1.82) is 0 Å². The number of aromatic nitrogens is 2. The van der Waals surface area contributed by atoms with E-state index in [9.17, 15) is 4.79 Å². The Morgan fingerprint density at radius 1 is 1.21 bits per heavy atom. The highest BCUT2D eigenvalue weighted by Gasteiger charge is 2.20. The zero-order valence-corrected chi connectivity index (χ0v) is 17.1. The Bertz CT molecular complexity index is 955. The Kier molecular flexibility index (Phi) is 6.09. The van der Waals surface area contributed by atoms with Crippen LogP contribution in [-0.4, -0.2) is 40.7 Å². The second kappa shape index (κ2) is 9.09. The Morgan fingerprint density at radius 2 is 2.10 bits per heavy atom. The van der Waals surface area contributed by atoms with Crippen molar-refractivity contribution in [2.45, 2.75) is 32.7 Å². The van der Waals surface area contributed by atoms with Gasteiger partial charge in [0.15, 0.2) is 11.5 Å². The molecule has 0 spiro atoms. The van der Waals surface area contributed by atoms with Crippen molar-refractivity contribution in [2.75, 3.05) is 19.8 Å². The van der Waals surface area contributed by atoms with Gasteiger partial charge in [-0.15, -0.1) is 11.3 Å². The van der Waals surface area contributed by atoms with Crippen LogP contribution in [0.5, 0.6) is 11.5 Å². The molecule has 8 heteroatoms. The summed E-state index contributed by atoms with van der Waals surface area (Å²) in [6.45, 7) is 4.20. The van der Waals surface area contributed by atoms with E-state index >= 15 is 0 Å². The quantitative estimate of drug-likeness (QED) is 0.557. The minimum absolute atomic E-state index is 0.0971. The predicted molar refractivity (Wildman–Crippen MR) is 109 cm³/mol. The number of rotatable bonds is 8. The average molecular weight is 413 g/mol. The summed E-state index contributed by atoms with van der Waals surface area (Å²) < 4.78 is 16.7. The van der Waals surface area contributed by atoms with Gasteiger partial charge in [0.05, 0.1) is 4.88 Å². The molecule has 0 saturated heterocycles. The number of amides is 1. The van der Waals surface area contributed by atoms with Gasteiger partial charge in [0.1, 0.15) is 13.2 Å². The molecule has 7 nitrogen and oxygen atoms in total. The average Bonchev–Trinajstić information content (AvgIpc) is 3.44. The van der Waals surface area contributed by atoms with Crippen LogP contribution in [0.4, 0.5) is 0 Å². The number of aryl methyl sites for hydroxylation is 1. The third kappa shape index (κ3) is 4.59. The molecule has 1 aliphatic heterocycles. The lowest BCUT2D eigenvalue weighted by Crippen LogP contribution is -2.30. The fraction of sp³-hybridized carbons (Fsp3) is 0.381. The summed E-state index contributed by atoms with van der Waals surface area (Å²) in [5, 5.41) is 5.98. The molecule has 0 fully saturated rings. The van der Waals surface area contributed by atoms with Crippen LogP contribution in [-0.2, 0) is 17.8 Å². The zero-order chi connectivity index (χ0) is 20.1. The van der Waals surface area contributed by atoms with Gasteiger partial charge in [0, 0.05) is 31.5 Å². The Labute approximate surface area is 173 Å². The molecule has 0 aliphatic carbocycles. The van der Waals surface area contributed by atoms with E-state index in [0.29, 0.717) is 57.3 Å². The largest absolute Gasteiger partial charge is 0.486 e. The number of carbonyl (C=O) groups excluding carboxylic acids is 1. The van der Waals surface area contributed by atoms with Gasteiger partial charge in [-0.1, -0.05) is 23.4 Å². The second-order valence-electron chi connectivity index (χ2n) is 6.69. The highest BCUT2D eigenvalue weighted by molar-refractivity contribution is 7.13. The first-order chi connectivity index (χ1) is 14.2. The van der Waals surface area contributed by atoms with Crippen molar-refractivity contribution >= 4 is 17.2 Å². The highest BCUT2D eigenvalue weighted by atomic mass is 32.1. The molecule has 152 valence electrons. The zero-order valence-electron chi connectivity index (χ0n) is 16.3. The van der Waals surface area contributed by atoms with E-state index in [0.717, 1.165) is 21.9 Å². The molecule has 0 N–H and O–H groups in total. The third-order valence-corrected chi connectivity index (χ3v) is 5.60. The van der Waals surface area contributed by atoms with E-state index in [1.54, 1.807) is 11.3 Å². The van der Waals surface area contributed by atoms with Crippen molar-refractivity contribution in [3.05, 3.63) is 47.2 Å². The molecule has 2 aromatic heterocycles. The van der Waals surface area contributed by atoms with Gasteiger partial charge in [-0.3, -0.25) is 4.79 Å². The summed E-state index contributed by atoms with van der Waals surface area (Å²) in [5.41, 5.74) is 0.967. The topological polar surface area (TPSA) is 77.7 Å². The molecule has 0 atom stereocenters. The second-order valence-corrected chi connectivity index (χ2v) is 7.64. The van der Waals surface area contributed by atoms with Crippen LogP contribution in [0, 0.1) is 0 Å². The molecule has 0 unspecified atom stereocenters. The van der Waals surface area contributed by atoms with Crippen LogP contribution in [0.3, 0.4) is 0 Å². The fourth-order valence-electron chi connectivity index (χ4n) is 3.25. The highest BCUT2D eigenvalue weighted by Crippen LogP contribution is 2.34. The molecule has 29 heavy (non-hydrogen) atoms. The Balaban J connectivity index is 1.32. The minimum Gasteiger partial charge on any atom is -0.486 e. The molecule has 1 amide bonds. The van der Waals surface area contributed by atoms with E-state index in [1.165, 1.54) is 0 Å². The lowest BCUT2D eigenvalue weighted by molar-refractivity contribution is -0.131. The molecule has 1 aromatic carbocycles. The normalized spacial score (nSPS) is 12.7. The molecule has 0 bridgehead atoms. The van der Waals surface area contributed by atoms with E-state index in [1.807, 2.05) is 47.5 Å². The van der Waals surface area contributed by atoms with Gasteiger partial charge in [0.2, 0.25) is 17.6 Å². The van der Waals surface area contributed by atoms with Crippen LogP contribution in [0.2, 0.25) is 0 Å². The third-order valence-electron chi connectivity index (χ3n) is 4.73. The molecular formula is C21H23N3O4S. The maximum atomic E-state index is 12.7. The summed E-state index contributed by atoms with van der Waals surface area (Å²) in [6, 6.07) is 9.72. The molecule has 0 radical (unpaired) electrons. The summed E-state index contributed by atoms with van der Waals surface area (Å²) >= 11 is 1.57. The monoisotopic (exact) mass is 413 g/mol. The molecular weight excluding hydrogens is 390 g/mol. The summed E-state index contributed by atoms with van der Waals surface area (Å²) in [6.07, 6.45) is 1.67. The number of thiophene rings is 1. The van der Waals surface area contributed by atoms with Crippen molar-refractivity contribution in [1.82, 2.24) is 15.0 Å². The van der Waals surface area contributed by atoms with Crippen molar-refractivity contribution in [3.8, 4) is 22.2 Å². The maximum absolute atomic E-state index is 12.7. The minimum atomic E-state index is 0.0971. The summed E-state index contributed by atoms with van der Waals surface area (Å²) in [5.74, 6) is 2.76. The standard InChI is InChI=1S/C21H23N3O4S/c1-2-24(14-15-6-3-7-16-20(15)27-12-11-26-16)19(25)10-4-9-18-22-21(23-28-18)17-8-5-13-29-17/h3,5-8,13H,2,4,9-12,14H2,1H3. The predicted octanol–water partition coefficient (Wildman–Crippen LogP) is 3.94. The van der Waals surface area contributed by atoms with E-state index in [4.69, 9.17) is 14.0 Å². The van der Waals surface area contributed by atoms with Crippen molar-refractivity contribution in [3.63, 3.8) is 0 Å². The summed E-state index contributed by atoms with van der Waals surface area (Å²) in [7, 11) is 0. The van der Waals surface area contributed by atoms with E-state index in [2.05, 4.69) is 10.1 Å².